The van der Waals surface area contributed by atoms with Gasteiger partial charge in [0.05, 0.1) is 0 Å². The number of likely N-dealkylation sites (tertiary alicyclic amines) is 1. The molecule has 0 aromatic heterocycles. The SMILES string of the molecule is CCCCC(=O)N1CCCC(CCCl)C1. The van der Waals surface area contributed by atoms with E-state index in [1.807, 2.05) is 4.90 Å². The molecule has 2 nitrogen and oxygen atoms in total. The molecule has 0 bridgehead atoms. The zero-order valence-corrected chi connectivity index (χ0v) is 10.4. The first-order valence-electron chi connectivity index (χ1n) is 6.11. The molecule has 3 heteroatoms. The molecule has 1 amide bonds. The second-order valence-corrected chi connectivity index (χ2v) is 4.81. The molecule has 0 radical (unpaired) electrons. The number of carbonyl (C=O) groups is 1. The highest BCUT2D eigenvalue weighted by atomic mass is 35.5. The van der Waals surface area contributed by atoms with E-state index in [-0.39, 0.29) is 0 Å². The summed E-state index contributed by atoms with van der Waals surface area (Å²) < 4.78 is 0. The lowest BCUT2D eigenvalue weighted by molar-refractivity contribution is -0.133. The van der Waals surface area contributed by atoms with Gasteiger partial charge in [0.2, 0.25) is 5.91 Å². The molecule has 0 saturated carbocycles. The second kappa shape index (κ2) is 7.10. The number of piperidine rings is 1. The van der Waals surface area contributed by atoms with Gasteiger partial charge in [-0.05, 0) is 31.6 Å². The highest BCUT2D eigenvalue weighted by molar-refractivity contribution is 6.17. The predicted octanol–water partition coefficient (Wildman–Crippen LogP) is 3.04. The molecule has 0 aromatic rings. The van der Waals surface area contributed by atoms with Gasteiger partial charge in [-0.3, -0.25) is 4.79 Å². The lowest BCUT2D eigenvalue weighted by Crippen LogP contribution is -2.39. The van der Waals surface area contributed by atoms with Crippen LogP contribution in [0.2, 0.25) is 0 Å². The van der Waals surface area contributed by atoms with E-state index < -0.39 is 0 Å². The molecule has 1 aliphatic heterocycles. The summed E-state index contributed by atoms with van der Waals surface area (Å²) in [6.45, 7) is 4.02. The Bertz CT molecular complexity index is 194. The lowest BCUT2D eigenvalue weighted by atomic mass is 9.95. The molecule has 1 saturated heterocycles. The molecule has 0 spiro atoms. The summed E-state index contributed by atoms with van der Waals surface area (Å²) in [4.78, 5) is 13.8. The Balaban J connectivity index is 2.31. The monoisotopic (exact) mass is 231 g/mol. The van der Waals surface area contributed by atoms with Crippen molar-refractivity contribution in [2.45, 2.75) is 45.4 Å². The summed E-state index contributed by atoms with van der Waals surface area (Å²) in [6, 6.07) is 0. The molecule has 15 heavy (non-hydrogen) atoms. The number of halogens is 1. The molecule has 0 N–H and O–H groups in total. The summed E-state index contributed by atoms with van der Waals surface area (Å²) in [7, 11) is 0. The van der Waals surface area contributed by atoms with Crippen molar-refractivity contribution >= 4 is 17.5 Å². The fraction of sp³-hybridized carbons (Fsp3) is 0.917. The Labute approximate surface area is 98.0 Å². The minimum absolute atomic E-state index is 0.344. The van der Waals surface area contributed by atoms with E-state index >= 15 is 0 Å². The van der Waals surface area contributed by atoms with Gasteiger partial charge < -0.3 is 4.90 Å². The van der Waals surface area contributed by atoms with Crippen LogP contribution >= 0.6 is 11.6 Å². The molecule has 88 valence electrons. The maximum Gasteiger partial charge on any atom is 0.222 e. The molecule has 0 aliphatic carbocycles. The first kappa shape index (κ1) is 12.8. The topological polar surface area (TPSA) is 20.3 Å². The average Bonchev–Trinajstić information content (AvgIpc) is 2.27. The van der Waals surface area contributed by atoms with E-state index in [0.29, 0.717) is 11.8 Å². The van der Waals surface area contributed by atoms with Crippen molar-refractivity contribution in [2.24, 2.45) is 5.92 Å². The quantitative estimate of drug-likeness (QED) is 0.666. The van der Waals surface area contributed by atoms with Crippen LogP contribution < -0.4 is 0 Å². The molecule has 1 heterocycles. The predicted molar refractivity (Wildman–Crippen MR) is 64.2 cm³/mol. The number of carbonyl (C=O) groups excluding carboxylic acids is 1. The van der Waals surface area contributed by atoms with Crippen LogP contribution in [0.5, 0.6) is 0 Å². The minimum Gasteiger partial charge on any atom is -0.342 e. The summed E-state index contributed by atoms with van der Waals surface area (Å²) in [5, 5.41) is 0. The number of alkyl halides is 1. The van der Waals surface area contributed by atoms with Crippen LogP contribution in [-0.2, 0) is 4.79 Å². The van der Waals surface area contributed by atoms with Crippen LogP contribution in [-0.4, -0.2) is 29.8 Å². The average molecular weight is 232 g/mol. The maximum atomic E-state index is 11.8. The Hall–Kier alpha value is -0.240. The van der Waals surface area contributed by atoms with Crippen LogP contribution in [0.3, 0.4) is 0 Å². The summed E-state index contributed by atoms with van der Waals surface area (Å²) >= 11 is 5.74. The molecule has 1 unspecified atom stereocenters. The first-order chi connectivity index (χ1) is 7.27. The molecular formula is C12H22ClNO. The van der Waals surface area contributed by atoms with Gasteiger partial charge in [0.25, 0.3) is 0 Å². The van der Waals surface area contributed by atoms with E-state index in [2.05, 4.69) is 6.92 Å². The number of rotatable bonds is 5. The molecule has 1 fully saturated rings. The fourth-order valence-electron chi connectivity index (χ4n) is 2.17. The molecule has 1 atom stereocenters. The lowest BCUT2D eigenvalue weighted by Gasteiger charge is -2.32. The number of hydrogen-bond donors (Lipinski definition) is 0. The van der Waals surface area contributed by atoms with E-state index in [1.54, 1.807) is 0 Å². The van der Waals surface area contributed by atoms with Gasteiger partial charge in [-0.2, -0.15) is 0 Å². The molecule has 1 rings (SSSR count). The Morgan fingerprint density at radius 2 is 2.33 bits per heavy atom. The van der Waals surface area contributed by atoms with Gasteiger partial charge in [0, 0.05) is 25.4 Å². The van der Waals surface area contributed by atoms with Crippen molar-refractivity contribution in [2.75, 3.05) is 19.0 Å². The van der Waals surface area contributed by atoms with Crippen LogP contribution in [0, 0.1) is 5.92 Å². The van der Waals surface area contributed by atoms with Crippen LogP contribution in [0.15, 0.2) is 0 Å². The van der Waals surface area contributed by atoms with Crippen molar-refractivity contribution in [1.82, 2.24) is 4.90 Å². The minimum atomic E-state index is 0.344. The second-order valence-electron chi connectivity index (χ2n) is 4.43. The molecule has 0 aromatic carbocycles. The molecule has 1 aliphatic rings. The van der Waals surface area contributed by atoms with Gasteiger partial charge in [-0.15, -0.1) is 11.6 Å². The van der Waals surface area contributed by atoms with Gasteiger partial charge in [-0.25, -0.2) is 0 Å². The van der Waals surface area contributed by atoms with Crippen LogP contribution in [0.25, 0.3) is 0 Å². The molecular weight excluding hydrogens is 210 g/mol. The smallest absolute Gasteiger partial charge is 0.222 e. The number of unbranched alkanes of at least 4 members (excludes halogenated alkanes) is 1. The third-order valence-corrected chi connectivity index (χ3v) is 3.35. The van der Waals surface area contributed by atoms with Crippen molar-refractivity contribution in [3.05, 3.63) is 0 Å². The van der Waals surface area contributed by atoms with Crippen LogP contribution in [0.4, 0.5) is 0 Å². The Morgan fingerprint density at radius 1 is 1.53 bits per heavy atom. The van der Waals surface area contributed by atoms with Gasteiger partial charge in [0.15, 0.2) is 0 Å². The zero-order chi connectivity index (χ0) is 11.1. The number of hydrogen-bond acceptors (Lipinski definition) is 1. The third-order valence-electron chi connectivity index (χ3n) is 3.13. The summed E-state index contributed by atoms with van der Waals surface area (Å²) in [6.07, 6.45) is 6.30. The van der Waals surface area contributed by atoms with Crippen molar-refractivity contribution in [3.8, 4) is 0 Å². The summed E-state index contributed by atoms with van der Waals surface area (Å²) in [5.74, 6) is 1.71. The third kappa shape index (κ3) is 4.42. The van der Waals surface area contributed by atoms with E-state index in [1.165, 1.54) is 6.42 Å². The van der Waals surface area contributed by atoms with Crippen LogP contribution in [0.1, 0.15) is 45.4 Å². The standard InChI is InChI=1S/C12H22ClNO/c1-2-3-6-12(15)14-9-4-5-11(10-14)7-8-13/h11H,2-10H2,1H3. The highest BCUT2D eigenvalue weighted by Gasteiger charge is 2.22. The van der Waals surface area contributed by atoms with Gasteiger partial charge in [0.1, 0.15) is 0 Å². The normalized spacial score (nSPS) is 21.7. The van der Waals surface area contributed by atoms with Crippen molar-refractivity contribution in [1.29, 1.82) is 0 Å². The van der Waals surface area contributed by atoms with E-state index in [9.17, 15) is 4.79 Å². The highest BCUT2D eigenvalue weighted by Crippen LogP contribution is 2.20. The van der Waals surface area contributed by atoms with Crippen molar-refractivity contribution < 1.29 is 4.79 Å². The largest absolute Gasteiger partial charge is 0.342 e. The first-order valence-corrected chi connectivity index (χ1v) is 6.65. The number of nitrogens with zero attached hydrogens (tertiary/aromatic N) is 1. The number of amides is 1. The van der Waals surface area contributed by atoms with Crippen molar-refractivity contribution in [3.63, 3.8) is 0 Å². The maximum absolute atomic E-state index is 11.8. The van der Waals surface area contributed by atoms with Gasteiger partial charge >= 0.3 is 0 Å². The van der Waals surface area contributed by atoms with Gasteiger partial charge in [-0.1, -0.05) is 13.3 Å². The fourth-order valence-corrected chi connectivity index (χ4v) is 2.48. The Kier molecular flexibility index (Phi) is 6.07. The Morgan fingerprint density at radius 3 is 3.00 bits per heavy atom. The summed E-state index contributed by atoms with van der Waals surface area (Å²) in [5.41, 5.74) is 0. The zero-order valence-electron chi connectivity index (χ0n) is 9.67. The van der Waals surface area contributed by atoms with E-state index in [0.717, 1.165) is 51.1 Å². The van der Waals surface area contributed by atoms with E-state index in [4.69, 9.17) is 11.6 Å².